The van der Waals surface area contributed by atoms with Crippen LogP contribution in [0.15, 0.2) is 10.6 Å². The van der Waals surface area contributed by atoms with Gasteiger partial charge in [0, 0.05) is 0 Å². The van der Waals surface area contributed by atoms with Crippen molar-refractivity contribution in [1.29, 1.82) is 0 Å². The summed E-state index contributed by atoms with van der Waals surface area (Å²) in [7, 11) is 0. The first-order chi connectivity index (χ1) is 9.24. The standard InChI is InChI=1S/C13H17N5O/c1-8-7-10(9(2)17-16-8)13-15-12(18-19-13)11-5-3-4-6-14-11/h7,11,14H,3-6H2,1-2H3. The molecule has 1 saturated heterocycles. The second-order valence-corrected chi connectivity index (χ2v) is 4.95. The van der Waals surface area contributed by atoms with E-state index in [1.165, 1.54) is 12.8 Å². The van der Waals surface area contributed by atoms with E-state index in [4.69, 9.17) is 4.52 Å². The Morgan fingerprint density at radius 1 is 1.26 bits per heavy atom. The fourth-order valence-corrected chi connectivity index (χ4v) is 2.32. The SMILES string of the molecule is Cc1cc(-c2nc(C3CCCCN3)no2)c(C)nn1. The highest BCUT2D eigenvalue weighted by Crippen LogP contribution is 2.25. The minimum atomic E-state index is 0.211. The van der Waals surface area contributed by atoms with Crippen LogP contribution in [-0.2, 0) is 0 Å². The molecule has 3 rings (SSSR count). The van der Waals surface area contributed by atoms with E-state index < -0.39 is 0 Å². The van der Waals surface area contributed by atoms with Crippen molar-refractivity contribution < 1.29 is 4.52 Å². The first kappa shape index (κ1) is 12.2. The highest BCUT2D eigenvalue weighted by Gasteiger charge is 2.21. The van der Waals surface area contributed by atoms with Crippen molar-refractivity contribution in [1.82, 2.24) is 25.7 Å². The van der Waals surface area contributed by atoms with E-state index in [2.05, 4.69) is 25.7 Å². The molecule has 1 atom stereocenters. The molecule has 0 amide bonds. The monoisotopic (exact) mass is 259 g/mol. The van der Waals surface area contributed by atoms with Crippen molar-refractivity contribution in [2.24, 2.45) is 0 Å². The Morgan fingerprint density at radius 2 is 2.16 bits per heavy atom. The van der Waals surface area contributed by atoms with E-state index in [0.717, 1.165) is 35.7 Å². The van der Waals surface area contributed by atoms with Crippen LogP contribution in [0.5, 0.6) is 0 Å². The third kappa shape index (κ3) is 2.49. The second-order valence-electron chi connectivity index (χ2n) is 4.95. The van der Waals surface area contributed by atoms with Gasteiger partial charge in [0.2, 0.25) is 0 Å². The smallest absolute Gasteiger partial charge is 0.259 e. The summed E-state index contributed by atoms with van der Waals surface area (Å²) in [6.07, 6.45) is 3.48. The van der Waals surface area contributed by atoms with Gasteiger partial charge in [0.05, 0.1) is 23.0 Å². The van der Waals surface area contributed by atoms with Gasteiger partial charge in [-0.15, -0.1) is 0 Å². The predicted octanol–water partition coefficient (Wildman–Crippen LogP) is 1.96. The molecule has 2 aromatic rings. The van der Waals surface area contributed by atoms with Gasteiger partial charge in [-0.25, -0.2) is 0 Å². The molecule has 1 unspecified atom stereocenters. The molecule has 0 spiro atoms. The van der Waals surface area contributed by atoms with E-state index in [9.17, 15) is 0 Å². The molecule has 1 aliphatic rings. The number of hydrogen-bond donors (Lipinski definition) is 1. The average Bonchev–Trinajstić information content (AvgIpc) is 2.92. The van der Waals surface area contributed by atoms with E-state index in [1.54, 1.807) is 0 Å². The highest BCUT2D eigenvalue weighted by atomic mass is 16.5. The lowest BCUT2D eigenvalue weighted by molar-refractivity contribution is 0.367. The van der Waals surface area contributed by atoms with Crippen LogP contribution in [-0.4, -0.2) is 26.9 Å². The molecule has 0 bridgehead atoms. The summed E-state index contributed by atoms with van der Waals surface area (Å²) in [6, 6.07) is 2.14. The first-order valence-corrected chi connectivity index (χ1v) is 6.62. The molecular formula is C13H17N5O. The van der Waals surface area contributed by atoms with Gasteiger partial charge in [-0.2, -0.15) is 15.2 Å². The Morgan fingerprint density at radius 3 is 2.95 bits per heavy atom. The van der Waals surface area contributed by atoms with Crippen molar-refractivity contribution >= 4 is 0 Å². The summed E-state index contributed by atoms with van der Waals surface area (Å²) in [6.45, 7) is 4.81. The largest absolute Gasteiger partial charge is 0.334 e. The van der Waals surface area contributed by atoms with Crippen molar-refractivity contribution in [2.75, 3.05) is 6.54 Å². The maximum absolute atomic E-state index is 5.37. The lowest BCUT2D eigenvalue weighted by atomic mass is 10.0. The van der Waals surface area contributed by atoms with Crippen LogP contribution in [0.25, 0.3) is 11.5 Å². The van der Waals surface area contributed by atoms with Gasteiger partial charge < -0.3 is 9.84 Å². The quantitative estimate of drug-likeness (QED) is 0.888. The number of aryl methyl sites for hydroxylation is 2. The summed E-state index contributed by atoms with van der Waals surface area (Å²) < 4.78 is 5.37. The minimum absolute atomic E-state index is 0.211. The second kappa shape index (κ2) is 5.05. The Balaban J connectivity index is 1.89. The summed E-state index contributed by atoms with van der Waals surface area (Å²) in [5, 5.41) is 15.6. The van der Waals surface area contributed by atoms with Crippen LogP contribution in [0.4, 0.5) is 0 Å². The molecule has 0 aliphatic carbocycles. The third-order valence-electron chi connectivity index (χ3n) is 3.39. The van der Waals surface area contributed by atoms with E-state index >= 15 is 0 Å². The fourth-order valence-electron chi connectivity index (χ4n) is 2.32. The molecule has 3 heterocycles. The molecular weight excluding hydrogens is 242 g/mol. The molecule has 0 radical (unpaired) electrons. The maximum Gasteiger partial charge on any atom is 0.259 e. The van der Waals surface area contributed by atoms with Crippen molar-refractivity contribution in [2.45, 2.75) is 39.2 Å². The van der Waals surface area contributed by atoms with Crippen molar-refractivity contribution in [3.8, 4) is 11.5 Å². The molecule has 19 heavy (non-hydrogen) atoms. The van der Waals surface area contributed by atoms with Gasteiger partial charge in [0.25, 0.3) is 5.89 Å². The predicted molar refractivity (Wildman–Crippen MR) is 69.4 cm³/mol. The Bertz CT molecular complexity index is 574. The highest BCUT2D eigenvalue weighted by molar-refractivity contribution is 5.55. The number of nitrogens with zero attached hydrogens (tertiary/aromatic N) is 4. The molecule has 100 valence electrons. The molecule has 0 saturated carbocycles. The molecule has 1 N–H and O–H groups in total. The van der Waals surface area contributed by atoms with Crippen LogP contribution >= 0.6 is 0 Å². The van der Waals surface area contributed by atoms with Crippen molar-refractivity contribution in [3.05, 3.63) is 23.3 Å². The van der Waals surface area contributed by atoms with E-state index in [0.29, 0.717) is 5.89 Å². The molecule has 1 fully saturated rings. The van der Waals surface area contributed by atoms with Crippen molar-refractivity contribution in [3.63, 3.8) is 0 Å². The van der Waals surface area contributed by atoms with Gasteiger partial charge in [0.1, 0.15) is 0 Å². The third-order valence-corrected chi connectivity index (χ3v) is 3.39. The summed E-state index contributed by atoms with van der Waals surface area (Å²) >= 11 is 0. The molecule has 0 aromatic carbocycles. The van der Waals surface area contributed by atoms with Crippen LogP contribution in [0.1, 0.15) is 42.5 Å². The lowest BCUT2D eigenvalue weighted by Gasteiger charge is -2.19. The number of nitrogens with one attached hydrogen (secondary N) is 1. The van der Waals surface area contributed by atoms with Crippen LogP contribution in [0.2, 0.25) is 0 Å². The van der Waals surface area contributed by atoms with Gasteiger partial charge in [-0.05, 0) is 39.3 Å². The minimum Gasteiger partial charge on any atom is -0.334 e. The lowest BCUT2D eigenvalue weighted by Crippen LogP contribution is -2.27. The van der Waals surface area contributed by atoms with Crippen LogP contribution in [0.3, 0.4) is 0 Å². The van der Waals surface area contributed by atoms with Gasteiger partial charge >= 0.3 is 0 Å². The average molecular weight is 259 g/mol. The summed E-state index contributed by atoms with van der Waals surface area (Å²) in [5.41, 5.74) is 2.51. The number of rotatable bonds is 2. The zero-order valence-electron chi connectivity index (χ0n) is 11.2. The number of hydrogen-bond acceptors (Lipinski definition) is 6. The topological polar surface area (TPSA) is 76.7 Å². The van der Waals surface area contributed by atoms with E-state index in [1.807, 2.05) is 19.9 Å². The molecule has 6 nitrogen and oxygen atoms in total. The number of aromatic nitrogens is 4. The van der Waals surface area contributed by atoms with Gasteiger partial charge in [-0.3, -0.25) is 0 Å². The van der Waals surface area contributed by atoms with Crippen LogP contribution in [0, 0.1) is 13.8 Å². The van der Waals surface area contributed by atoms with E-state index in [-0.39, 0.29) is 6.04 Å². The Kier molecular flexibility index (Phi) is 3.25. The molecule has 1 aliphatic heterocycles. The molecule has 2 aromatic heterocycles. The maximum atomic E-state index is 5.37. The van der Waals surface area contributed by atoms with Gasteiger partial charge in [0.15, 0.2) is 5.82 Å². The fraction of sp³-hybridized carbons (Fsp3) is 0.538. The first-order valence-electron chi connectivity index (χ1n) is 6.62. The number of piperidine rings is 1. The van der Waals surface area contributed by atoms with Gasteiger partial charge in [-0.1, -0.05) is 11.6 Å². The summed E-state index contributed by atoms with van der Waals surface area (Å²) in [5.74, 6) is 1.27. The Hall–Kier alpha value is -1.82. The van der Waals surface area contributed by atoms with Crippen LogP contribution < -0.4 is 5.32 Å². The Labute approximate surface area is 111 Å². The zero-order chi connectivity index (χ0) is 13.2. The normalized spacial score (nSPS) is 19.6. The molecule has 6 heteroatoms. The zero-order valence-corrected chi connectivity index (χ0v) is 11.2. The summed E-state index contributed by atoms with van der Waals surface area (Å²) in [4.78, 5) is 4.50.